The molecule has 2 fully saturated rings. The Bertz CT molecular complexity index is 269. The lowest BCUT2D eigenvalue weighted by atomic mass is 9.93. The van der Waals surface area contributed by atoms with Gasteiger partial charge in [0.25, 0.3) is 0 Å². The normalized spacial score (nSPS) is 34.0. The van der Waals surface area contributed by atoms with Crippen molar-refractivity contribution in [1.82, 2.24) is 15.1 Å². The molecule has 0 aromatic rings. The maximum absolute atomic E-state index is 3.76. The number of likely N-dealkylation sites (N-methyl/N-ethyl adjacent to an activating group) is 1. The van der Waals surface area contributed by atoms with Gasteiger partial charge in [-0.15, -0.1) is 0 Å². The average Bonchev–Trinajstić information content (AvgIpc) is 2.67. The standard InChI is InChI=1S/C17H35N3/c1-4-16-14-20(12-11-19(16)3)13-15-9-7-6-8-10-17(15)18-5-2/h15-18H,4-14H2,1-3H3. The van der Waals surface area contributed by atoms with E-state index in [1.165, 1.54) is 64.7 Å². The Labute approximate surface area is 126 Å². The lowest BCUT2D eigenvalue weighted by Gasteiger charge is -2.41. The van der Waals surface area contributed by atoms with Crippen molar-refractivity contribution in [3.05, 3.63) is 0 Å². The van der Waals surface area contributed by atoms with E-state index in [4.69, 9.17) is 0 Å². The van der Waals surface area contributed by atoms with Gasteiger partial charge in [0, 0.05) is 38.3 Å². The van der Waals surface area contributed by atoms with Crippen molar-refractivity contribution >= 4 is 0 Å². The summed E-state index contributed by atoms with van der Waals surface area (Å²) >= 11 is 0. The van der Waals surface area contributed by atoms with Gasteiger partial charge in [-0.1, -0.05) is 33.1 Å². The average molecular weight is 281 g/mol. The van der Waals surface area contributed by atoms with Gasteiger partial charge in [0.2, 0.25) is 0 Å². The Hall–Kier alpha value is -0.120. The molecule has 3 heteroatoms. The first kappa shape index (κ1) is 16.3. The van der Waals surface area contributed by atoms with E-state index in [-0.39, 0.29) is 0 Å². The predicted octanol–water partition coefficient (Wildman–Crippen LogP) is 2.57. The second-order valence-corrected chi connectivity index (χ2v) is 6.86. The number of rotatable bonds is 5. The summed E-state index contributed by atoms with van der Waals surface area (Å²) in [5.74, 6) is 0.873. The van der Waals surface area contributed by atoms with Crippen LogP contribution in [0.25, 0.3) is 0 Å². The molecule has 0 spiro atoms. The van der Waals surface area contributed by atoms with Gasteiger partial charge in [-0.3, -0.25) is 0 Å². The van der Waals surface area contributed by atoms with E-state index in [1.807, 2.05) is 0 Å². The van der Waals surface area contributed by atoms with Crippen LogP contribution in [0.15, 0.2) is 0 Å². The molecule has 0 radical (unpaired) electrons. The molecule has 1 aliphatic heterocycles. The summed E-state index contributed by atoms with van der Waals surface area (Å²) in [7, 11) is 2.29. The first-order valence-corrected chi connectivity index (χ1v) is 8.90. The topological polar surface area (TPSA) is 18.5 Å². The fraction of sp³-hybridized carbons (Fsp3) is 1.00. The number of nitrogens with one attached hydrogen (secondary N) is 1. The van der Waals surface area contributed by atoms with E-state index in [2.05, 4.69) is 36.0 Å². The highest BCUT2D eigenvalue weighted by Gasteiger charge is 2.28. The van der Waals surface area contributed by atoms with Crippen LogP contribution < -0.4 is 5.32 Å². The summed E-state index contributed by atoms with van der Waals surface area (Å²) in [6, 6.07) is 1.54. The Morgan fingerprint density at radius 2 is 1.85 bits per heavy atom. The maximum Gasteiger partial charge on any atom is 0.0218 e. The van der Waals surface area contributed by atoms with Gasteiger partial charge in [-0.2, -0.15) is 0 Å². The smallest absolute Gasteiger partial charge is 0.0218 e. The molecular formula is C17H35N3. The first-order chi connectivity index (χ1) is 9.74. The summed E-state index contributed by atoms with van der Waals surface area (Å²) in [5, 5.41) is 3.76. The summed E-state index contributed by atoms with van der Waals surface area (Å²) in [4.78, 5) is 5.29. The zero-order valence-electron chi connectivity index (χ0n) is 13.9. The van der Waals surface area contributed by atoms with Gasteiger partial charge in [-0.25, -0.2) is 0 Å². The Morgan fingerprint density at radius 1 is 1.05 bits per heavy atom. The van der Waals surface area contributed by atoms with E-state index < -0.39 is 0 Å². The largest absolute Gasteiger partial charge is 0.314 e. The highest BCUT2D eigenvalue weighted by molar-refractivity contribution is 4.85. The van der Waals surface area contributed by atoms with Crippen molar-refractivity contribution in [2.24, 2.45) is 5.92 Å². The van der Waals surface area contributed by atoms with E-state index in [0.717, 1.165) is 24.5 Å². The molecule has 1 N–H and O–H groups in total. The van der Waals surface area contributed by atoms with Crippen molar-refractivity contribution in [2.75, 3.05) is 39.8 Å². The SMILES string of the molecule is CCNC1CCCCCC1CN1CCN(C)C(CC)C1. The van der Waals surface area contributed by atoms with Gasteiger partial charge >= 0.3 is 0 Å². The molecule has 3 atom stereocenters. The highest BCUT2D eigenvalue weighted by atomic mass is 15.3. The number of piperazine rings is 1. The number of hydrogen-bond acceptors (Lipinski definition) is 3. The van der Waals surface area contributed by atoms with E-state index in [0.29, 0.717) is 0 Å². The molecule has 3 unspecified atom stereocenters. The zero-order valence-corrected chi connectivity index (χ0v) is 13.9. The number of hydrogen-bond donors (Lipinski definition) is 1. The molecule has 1 saturated carbocycles. The van der Waals surface area contributed by atoms with Crippen LogP contribution in [-0.4, -0.2) is 61.7 Å². The summed E-state index contributed by atoms with van der Waals surface area (Å²) in [6.45, 7) is 10.8. The summed E-state index contributed by atoms with van der Waals surface area (Å²) in [6.07, 6.45) is 8.42. The van der Waals surface area contributed by atoms with Gasteiger partial charge in [0.05, 0.1) is 0 Å². The minimum atomic E-state index is 0.766. The molecule has 1 heterocycles. The third kappa shape index (κ3) is 4.44. The molecule has 2 rings (SSSR count). The van der Waals surface area contributed by atoms with Crippen LogP contribution in [0.3, 0.4) is 0 Å². The summed E-state index contributed by atoms with van der Waals surface area (Å²) < 4.78 is 0. The van der Waals surface area contributed by atoms with Crippen molar-refractivity contribution in [3.63, 3.8) is 0 Å². The second-order valence-electron chi connectivity index (χ2n) is 6.86. The third-order valence-corrected chi connectivity index (χ3v) is 5.45. The minimum Gasteiger partial charge on any atom is -0.314 e. The lowest BCUT2D eigenvalue weighted by Crippen LogP contribution is -2.53. The molecular weight excluding hydrogens is 246 g/mol. The molecule has 0 aromatic carbocycles. The molecule has 2 aliphatic rings. The minimum absolute atomic E-state index is 0.766. The summed E-state index contributed by atoms with van der Waals surface area (Å²) in [5.41, 5.74) is 0. The fourth-order valence-electron chi connectivity index (χ4n) is 4.08. The van der Waals surface area contributed by atoms with Crippen molar-refractivity contribution < 1.29 is 0 Å². The monoisotopic (exact) mass is 281 g/mol. The van der Waals surface area contributed by atoms with Gasteiger partial charge in [-0.05, 0) is 38.8 Å². The second kappa shape index (κ2) is 8.35. The van der Waals surface area contributed by atoms with Crippen LogP contribution in [0.2, 0.25) is 0 Å². The van der Waals surface area contributed by atoms with Crippen LogP contribution in [0.4, 0.5) is 0 Å². The van der Waals surface area contributed by atoms with Crippen molar-refractivity contribution in [3.8, 4) is 0 Å². The highest BCUT2D eigenvalue weighted by Crippen LogP contribution is 2.25. The molecule has 118 valence electrons. The molecule has 0 amide bonds. The molecule has 3 nitrogen and oxygen atoms in total. The fourth-order valence-corrected chi connectivity index (χ4v) is 4.08. The van der Waals surface area contributed by atoms with E-state index in [9.17, 15) is 0 Å². The zero-order chi connectivity index (χ0) is 14.4. The molecule has 1 aliphatic carbocycles. The maximum atomic E-state index is 3.76. The van der Waals surface area contributed by atoms with Crippen molar-refractivity contribution in [1.29, 1.82) is 0 Å². The molecule has 0 bridgehead atoms. The van der Waals surface area contributed by atoms with E-state index >= 15 is 0 Å². The Balaban J connectivity index is 1.88. The number of nitrogens with zero attached hydrogens (tertiary/aromatic N) is 2. The Morgan fingerprint density at radius 3 is 2.60 bits per heavy atom. The van der Waals surface area contributed by atoms with Gasteiger partial charge in [0.1, 0.15) is 0 Å². The lowest BCUT2D eigenvalue weighted by molar-refractivity contribution is 0.0746. The van der Waals surface area contributed by atoms with Gasteiger partial charge in [0.15, 0.2) is 0 Å². The third-order valence-electron chi connectivity index (χ3n) is 5.45. The van der Waals surface area contributed by atoms with Crippen molar-refractivity contribution in [2.45, 2.75) is 64.5 Å². The van der Waals surface area contributed by atoms with Crippen LogP contribution in [0.5, 0.6) is 0 Å². The van der Waals surface area contributed by atoms with E-state index in [1.54, 1.807) is 0 Å². The predicted molar refractivity (Wildman–Crippen MR) is 87.2 cm³/mol. The van der Waals surface area contributed by atoms with Crippen LogP contribution >= 0.6 is 0 Å². The molecule has 20 heavy (non-hydrogen) atoms. The Kier molecular flexibility index (Phi) is 6.79. The van der Waals surface area contributed by atoms with Crippen LogP contribution in [0.1, 0.15) is 52.4 Å². The molecule has 0 aromatic heterocycles. The molecule has 1 saturated heterocycles. The first-order valence-electron chi connectivity index (χ1n) is 8.90. The van der Waals surface area contributed by atoms with Crippen LogP contribution in [-0.2, 0) is 0 Å². The van der Waals surface area contributed by atoms with Gasteiger partial charge < -0.3 is 15.1 Å². The quantitative estimate of drug-likeness (QED) is 0.781. The van der Waals surface area contributed by atoms with Crippen LogP contribution in [0, 0.1) is 5.92 Å².